The number of amides is 1. The minimum atomic E-state index is -0.636. The highest BCUT2D eigenvalue weighted by Crippen LogP contribution is 2.10. The van der Waals surface area contributed by atoms with Crippen LogP contribution >= 0.6 is 0 Å². The third-order valence-electron chi connectivity index (χ3n) is 2.18. The highest BCUT2D eigenvalue weighted by molar-refractivity contribution is 5.96. The lowest BCUT2D eigenvalue weighted by Gasteiger charge is -2.19. The molecule has 0 aliphatic carbocycles. The lowest BCUT2D eigenvalue weighted by atomic mass is 10.1. The van der Waals surface area contributed by atoms with Crippen molar-refractivity contribution in [3.63, 3.8) is 0 Å². The maximum atomic E-state index is 13.5. The van der Waals surface area contributed by atoms with E-state index in [9.17, 15) is 14.0 Å². The van der Waals surface area contributed by atoms with Crippen LogP contribution in [0.3, 0.4) is 0 Å². The standard InChI is InChI=1S/C14H18FNO3/c1-9-5-6-10(11(15)7-9)13(18)16-8-12(17)19-14(2,3)4/h5-7H,8H2,1-4H3,(H,16,18). The molecule has 1 amide bonds. The average molecular weight is 267 g/mol. The summed E-state index contributed by atoms with van der Waals surface area (Å²) in [7, 11) is 0. The zero-order chi connectivity index (χ0) is 14.6. The van der Waals surface area contributed by atoms with Crippen molar-refractivity contribution in [1.82, 2.24) is 5.32 Å². The van der Waals surface area contributed by atoms with E-state index in [1.54, 1.807) is 33.8 Å². The molecule has 19 heavy (non-hydrogen) atoms. The van der Waals surface area contributed by atoms with Crippen LogP contribution in [0.1, 0.15) is 36.7 Å². The van der Waals surface area contributed by atoms with Gasteiger partial charge in [0, 0.05) is 0 Å². The number of hydrogen-bond acceptors (Lipinski definition) is 3. The molecule has 0 saturated carbocycles. The van der Waals surface area contributed by atoms with Crippen LogP contribution < -0.4 is 5.32 Å². The van der Waals surface area contributed by atoms with E-state index in [-0.39, 0.29) is 12.1 Å². The first-order valence-corrected chi connectivity index (χ1v) is 5.95. The van der Waals surface area contributed by atoms with Crippen LogP contribution in [-0.4, -0.2) is 24.0 Å². The van der Waals surface area contributed by atoms with Gasteiger partial charge in [0.15, 0.2) is 0 Å². The number of benzene rings is 1. The molecule has 1 rings (SSSR count). The number of halogens is 1. The summed E-state index contributed by atoms with van der Waals surface area (Å²) in [6, 6.07) is 4.28. The minimum Gasteiger partial charge on any atom is -0.459 e. The molecule has 0 bridgehead atoms. The molecule has 1 aromatic rings. The molecule has 104 valence electrons. The molecule has 1 aromatic carbocycles. The largest absolute Gasteiger partial charge is 0.459 e. The normalized spacial score (nSPS) is 11.0. The lowest BCUT2D eigenvalue weighted by Crippen LogP contribution is -2.34. The van der Waals surface area contributed by atoms with Gasteiger partial charge in [-0.2, -0.15) is 0 Å². The van der Waals surface area contributed by atoms with Crippen molar-refractivity contribution in [1.29, 1.82) is 0 Å². The van der Waals surface area contributed by atoms with Gasteiger partial charge in [0.05, 0.1) is 5.56 Å². The van der Waals surface area contributed by atoms with Gasteiger partial charge in [0.25, 0.3) is 5.91 Å². The van der Waals surface area contributed by atoms with E-state index < -0.39 is 23.3 Å². The summed E-state index contributed by atoms with van der Waals surface area (Å²) >= 11 is 0. The number of rotatable bonds is 3. The summed E-state index contributed by atoms with van der Waals surface area (Å²) < 4.78 is 18.5. The predicted octanol–water partition coefficient (Wildman–Crippen LogP) is 2.21. The zero-order valence-corrected chi connectivity index (χ0v) is 11.5. The van der Waals surface area contributed by atoms with Crippen molar-refractivity contribution in [3.05, 3.63) is 35.1 Å². The van der Waals surface area contributed by atoms with Gasteiger partial charge in [0.1, 0.15) is 18.0 Å². The first-order chi connectivity index (χ1) is 8.69. The molecular weight excluding hydrogens is 249 g/mol. The third-order valence-corrected chi connectivity index (χ3v) is 2.18. The van der Waals surface area contributed by atoms with E-state index in [0.717, 1.165) is 5.56 Å². The van der Waals surface area contributed by atoms with Crippen molar-refractivity contribution in [3.8, 4) is 0 Å². The number of nitrogens with one attached hydrogen (secondary N) is 1. The lowest BCUT2D eigenvalue weighted by molar-refractivity contribution is -0.153. The quantitative estimate of drug-likeness (QED) is 0.854. The van der Waals surface area contributed by atoms with Crippen molar-refractivity contribution in [2.75, 3.05) is 6.54 Å². The summed E-state index contributed by atoms with van der Waals surface area (Å²) in [6.45, 7) is 6.62. The highest BCUT2D eigenvalue weighted by atomic mass is 19.1. The first kappa shape index (κ1) is 15.1. The molecule has 0 spiro atoms. The minimum absolute atomic E-state index is 0.0887. The van der Waals surface area contributed by atoms with E-state index in [0.29, 0.717) is 0 Å². The van der Waals surface area contributed by atoms with Gasteiger partial charge in [0.2, 0.25) is 0 Å². The monoisotopic (exact) mass is 267 g/mol. The van der Waals surface area contributed by atoms with Crippen LogP contribution in [0.25, 0.3) is 0 Å². The number of carbonyl (C=O) groups excluding carboxylic acids is 2. The summed E-state index contributed by atoms with van der Waals surface area (Å²) in [5, 5.41) is 2.33. The number of carbonyl (C=O) groups is 2. The number of ether oxygens (including phenoxy) is 1. The molecule has 4 nitrogen and oxygen atoms in total. The van der Waals surface area contributed by atoms with Crippen LogP contribution in [0.15, 0.2) is 18.2 Å². The third kappa shape index (κ3) is 5.07. The Morgan fingerprint density at radius 1 is 1.32 bits per heavy atom. The Hall–Kier alpha value is -1.91. The van der Waals surface area contributed by atoms with Gasteiger partial charge < -0.3 is 10.1 Å². The fraction of sp³-hybridized carbons (Fsp3) is 0.429. The van der Waals surface area contributed by atoms with Crippen LogP contribution in [0.5, 0.6) is 0 Å². The molecule has 5 heteroatoms. The van der Waals surface area contributed by atoms with Gasteiger partial charge in [-0.3, -0.25) is 9.59 Å². The maximum Gasteiger partial charge on any atom is 0.325 e. The molecule has 0 aliphatic rings. The van der Waals surface area contributed by atoms with Gasteiger partial charge in [-0.25, -0.2) is 4.39 Å². The first-order valence-electron chi connectivity index (χ1n) is 5.95. The van der Waals surface area contributed by atoms with Crippen molar-refractivity contribution in [2.45, 2.75) is 33.3 Å². The molecule has 0 fully saturated rings. The number of hydrogen-bond donors (Lipinski definition) is 1. The SMILES string of the molecule is Cc1ccc(C(=O)NCC(=O)OC(C)(C)C)c(F)c1. The van der Waals surface area contributed by atoms with Gasteiger partial charge in [-0.05, 0) is 45.4 Å². The Morgan fingerprint density at radius 3 is 2.47 bits per heavy atom. The molecule has 0 aliphatic heterocycles. The second-order valence-corrected chi connectivity index (χ2v) is 5.25. The summed E-state index contributed by atoms with van der Waals surface area (Å²) in [4.78, 5) is 23.1. The Kier molecular flexibility index (Phi) is 4.64. The van der Waals surface area contributed by atoms with Gasteiger partial charge >= 0.3 is 5.97 Å². The fourth-order valence-electron chi connectivity index (χ4n) is 1.43. The van der Waals surface area contributed by atoms with Gasteiger partial charge in [-0.1, -0.05) is 6.07 Å². The molecule has 0 atom stereocenters. The van der Waals surface area contributed by atoms with E-state index in [1.807, 2.05) is 0 Å². The Labute approximate surface area is 112 Å². The van der Waals surface area contributed by atoms with E-state index >= 15 is 0 Å². The Balaban J connectivity index is 2.59. The Morgan fingerprint density at radius 2 is 1.95 bits per heavy atom. The van der Waals surface area contributed by atoms with Crippen LogP contribution in [0, 0.1) is 12.7 Å². The summed E-state index contributed by atoms with van der Waals surface area (Å²) in [6.07, 6.45) is 0. The number of esters is 1. The molecule has 1 N–H and O–H groups in total. The highest BCUT2D eigenvalue weighted by Gasteiger charge is 2.18. The molecule has 0 radical (unpaired) electrons. The number of aryl methyl sites for hydroxylation is 1. The van der Waals surface area contributed by atoms with Crippen LogP contribution in [0.2, 0.25) is 0 Å². The summed E-state index contributed by atoms with van der Waals surface area (Å²) in [5.41, 5.74) is 0.0204. The molecule has 0 unspecified atom stereocenters. The van der Waals surface area contributed by atoms with Crippen molar-refractivity contribution in [2.24, 2.45) is 0 Å². The van der Waals surface area contributed by atoms with Crippen LogP contribution in [0.4, 0.5) is 4.39 Å². The van der Waals surface area contributed by atoms with E-state index in [4.69, 9.17) is 4.74 Å². The van der Waals surface area contributed by atoms with E-state index in [2.05, 4.69) is 5.32 Å². The molecular formula is C14H18FNO3. The zero-order valence-electron chi connectivity index (χ0n) is 11.5. The van der Waals surface area contributed by atoms with Gasteiger partial charge in [-0.15, -0.1) is 0 Å². The topological polar surface area (TPSA) is 55.4 Å². The van der Waals surface area contributed by atoms with Crippen molar-refractivity contribution < 1.29 is 18.7 Å². The second-order valence-electron chi connectivity index (χ2n) is 5.25. The maximum absolute atomic E-state index is 13.5. The summed E-state index contributed by atoms with van der Waals surface area (Å²) in [5.74, 6) is -1.81. The molecule has 0 aromatic heterocycles. The Bertz CT molecular complexity index is 492. The average Bonchev–Trinajstić information content (AvgIpc) is 2.23. The smallest absolute Gasteiger partial charge is 0.325 e. The predicted molar refractivity (Wildman–Crippen MR) is 69.3 cm³/mol. The fourth-order valence-corrected chi connectivity index (χ4v) is 1.43. The van der Waals surface area contributed by atoms with Crippen LogP contribution in [-0.2, 0) is 9.53 Å². The van der Waals surface area contributed by atoms with Crippen molar-refractivity contribution >= 4 is 11.9 Å². The molecule has 0 heterocycles. The second kappa shape index (κ2) is 5.82. The van der Waals surface area contributed by atoms with E-state index in [1.165, 1.54) is 12.1 Å². The molecule has 0 saturated heterocycles.